The van der Waals surface area contributed by atoms with Crippen molar-refractivity contribution in [2.24, 2.45) is 5.92 Å². The summed E-state index contributed by atoms with van der Waals surface area (Å²) in [5, 5.41) is 3.72. The van der Waals surface area contributed by atoms with Crippen LogP contribution < -0.4 is 5.32 Å². The van der Waals surface area contributed by atoms with Crippen molar-refractivity contribution in [3.8, 4) is 0 Å². The normalized spacial score (nSPS) is 26.1. The Hall–Kier alpha value is -1.63. The van der Waals surface area contributed by atoms with Crippen molar-refractivity contribution < 1.29 is 19.0 Å². The largest absolute Gasteiger partial charge is 0.500 e. The molecule has 2 heterocycles. The second kappa shape index (κ2) is 6.47. The smallest absolute Gasteiger partial charge is 0.349 e. The summed E-state index contributed by atoms with van der Waals surface area (Å²) < 4.78 is 1.46. The third-order valence-electron chi connectivity index (χ3n) is 4.71. The van der Waals surface area contributed by atoms with Gasteiger partial charge in [0.25, 0.3) is 5.91 Å². The summed E-state index contributed by atoms with van der Waals surface area (Å²) in [6.45, 7) is 0. The Bertz CT molecular complexity index is 618. The summed E-state index contributed by atoms with van der Waals surface area (Å²) >= 11 is 1.24. The fourth-order valence-corrected chi connectivity index (χ4v) is 4.40. The Morgan fingerprint density at radius 2 is 1.91 bits per heavy atom. The lowest BCUT2D eigenvalue weighted by Crippen LogP contribution is -2.49. The molecule has 23 heavy (non-hydrogen) atoms. The molecule has 0 bridgehead atoms. The molecule has 0 radical (unpaired) electrons. The Morgan fingerprint density at radius 1 is 1.26 bits per heavy atom. The van der Waals surface area contributed by atoms with Crippen LogP contribution in [0.3, 0.4) is 0 Å². The van der Waals surface area contributed by atoms with E-state index in [1.54, 1.807) is 13.1 Å². The predicted octanol–water partition coefficient (Wildman–Crippen LogP) is 1.71. The maximum atomic E-state index is 12.5. The minimum atomic E-state index is -0.511. The number of rotatable bonds is 2. The summed E-state index contributed by atoms with van der Waals surface area (Å²) in [6.07, 6.45) is 8.49. The number of hydrogen-bond acceptors (Lipinski definition) is 4. The highest BCUT2D eigenvalue weighted by atomic mass is 32.2. The Morgan fingerprint density at radius 3 is 2.57 bits per heavy atom. The lowest BCUT2D eigenvalue weighted by molar-refractivity contribution is -0.403. The van der Waals surface area contributed by atoms with Gasteiger partial charge in [-0.05, 0) is 30.7 Å². The summed E-state index contributed by atoms with van der Waals surface area (Å²) in [5.74, 6) is -0.907. The molecule has 4 amide bonds. The van der Waals surface area contributed by atoms with Gasteiger partial charge in [0.05, 0.1) is 19.0 Å². The number of carbonyl (C=O) groups excluding carboxylic acids is 3. The van der Waals surface area contributed by atoms with E-state index in [1.807, 2.05) is 0 Å². The van der Waals surface area contributed by atoms with E-state index < -0.39 is 5.92 Å². The molecular weight excluding hydrogens is 314 g/mol. The quantitative estimate of drug-likeness (QED) is 0.616. The van der Waals surface area contributed by atoms with E-state index in [9.17, 15) is 14.4 Å². The molecule has 0 spiro atoms. The molecule has 1 N–H and O–H groups in total. The minimum Gasteiger partial charge on any atom is -0.349 e. The predicted molar refractivity (Wildman–Crippen MR) is 88.2 cm³/mol. The maximum absolute atomic E-state index is 12.5. The molecule has 3 rings (SSSR count). The highest BCUT2D eigenvalue weighted by Gasteiger charge is 2.48. The summed E-state index contributed by atoms with van der Waals surface area (Å²) in [4.78, 5) is 38.4. The van der Waals surface area contributed by atoms with Crippen molar-refractivity contribution in [1.82, 2.24) is 10.2 Å². The molecule has 1 aliphatic carbocycles. The monoisotopic (exact) mass is 336 g/mol. The molecule has 0 aromatic carbocycles. The zero-order chi connectivity index (χ0) is 16.6. The SMILES string of the molecule is CN1C(=O)C2C=C(C(=O)NC3CCCCCC3)SC2=[N+](C)C1=O. The number of fused-ring (bicyclic) bond motifs is 1. The van der Waals surface area contributed by atoms with Crippen LogP contribution in [0.1, 0.15) is 38.5 Å². The van der Waals surface area contributed by atoms with Gasteiger partial charge < -0.3 is 5.32 Å². The average Bonchev–Trinajstić information content (AvgIpc) is 2.84. The molecule has 1 saturated carbocycles. The van der Waals surface area contributed by atoms with Crippen LogP contribution in [-0.4, -0.2) is 52.5 Å². The van der Waals surface area contributed by atoms with Crippen LogP contribution in [0, 0.1) is 5.92 Å². The molecule has 1 atom stereocenters. The second-order valence-electron chi connectivity index (χ2n) is 6.35. The topological polar surface area (TPSA) is 69.5 Å². The zero-order valence-corrected chi connectivity index (χ0v) is 14.3. The Balaban J connectivity index is 1.74. The molecule has 7 heteroatoms. The van der Waals surface area contributed by atoms with Gasteiger partial charge in [-0.1, -0.05) is 25.7 Å². The lowest BCUT2D eigenvalue weighted by Gasteiger charge is -2.18. The van der Waals surface area contributed by atoms with Gasteiger partial charge in [-0.15, -0.1) is 0 Å². The Labute approximate surface area is 140 Å². The van der Waals surface area contributed by atoms with Crippen molar-refractivity contribution in [2.75, 3.05) is 14.1 Å². The third kappa shape index (κ3) is 3.06. The van der Waals surface area contributed by atoms with Crippen molar-refractivity contribution >= 4 is 34.7 Å². The van der Waals surface area contributed by atoms with Crippen LogP contribution in [0.5, 0.6) is 0 Å². The van der Waals surface area contributed by atoms with Crippen LogP contribution in [-0.2, 0) is 9.59 Å². The first-order valence-corrected chi connectivity index (χ1v) is 8.93. The number of imide groups is 1. The van der Waals surface area contributed by atoms with Crippen LogP contribution in [0.4, 0.5) is 4.79 Å². The summed E-state index contributed by atoms with van der Waals surface area (Å²) in [7, 11) is 3.11. The van der Waals surface area contributed by atoms with Gasteiger partial charge in [0, 0.05) is 6.04 Å². The van der Waals surface area contributed by atoms with Gasteiger partial charge in [-0.2, -0.15) is 14.3 Å². The second-order valence-corrected chi connectivity index (χ2v) is 7.41. The molecule has 6 nitrogen and oxygen atoms in total. The van der Waals surface area contributed by atoms with Gasteiger partial charge in [0.2, 0.25) is 0 Å². The first-order chi connectivity index (χ1) is 11.0. The molecule has 1 fully saturated rings. The fourth-order valence-electron chi connectivity index (χ4n) is 3.31. The number of hydrogen-bond donors (Lipinski definition) is 1. The summed E-state index contributed by atoms with van der Waals surface area (Å²) in [6, 6.07) is -0.135. The molecular formula is C16H22N3O3S+. The minimum absolute atomic E-state index is 0.125. The number of nitrogens with zero attached hydrogens (tertiary/aromatic N) is 2. The number of thioether (sulfide) groups is 1. The number of carbonyl (C=O) groups is 3. The summed E-state index contributed by atoms with van der Waals surface area (Å²) in [5.41, 5.74) is 0. The van der Waals surface area contributed by atoms with Gasteiger partial charge in [-0.25, -0.2) is 4.79 Å². The molecule has 1 unspecified atom stereocenters. The Kier molecular flexibility index (Phi) is 4.57. The highest BCUT2D eigenvalue weighted by molar-refractivity contribution is 8.18. The van der Waals surface area contributed by atoms with E-state index in [-0.39, 0.29) is 23.9 Å². The van der Waals surface area contributed by atoms with E-state index in [2.05, 4.69) is 5.32 Å². The average molecular weight is 336 g/mol. The molecule has 2 aliphatic heterocycles. The van der Waals surface area contributed by atoms with E-state index in [0.717, 1.165) is 30.6 Å². The lowest BCUT2D eigenvalue weighted by atomic mass is 10.1. The van der Waals surface area contributed by atoms with Crippen molar-refractivity contribution in [2.45, 2.75) is 44.6 Å². The van der Waals surface area contributed by atoms with E-state index >= 15 is 0 Å². The molecule has 0 saturated heterocycles. The van der Waals surface area contributed by atoms with Crippen LogP contribution in [0.15, 0.2) is 11.0 Å². The maximum Gasteiger partial charge on any atom is 0.500 e. The first-order valence-electron chi connectivity index (χ1n) is 8.11. The van der Waals surface area contributed by atoms with Gasteiger partial charge in [0.15, 0.2) is 5.04 Å². The van der Waals surface area contributed by atoms with Crippen LogP contribution in [0.25, 0.3) is 0 Å². The van der Waals surface area contributed by atoms with E-state index in [4.69, 9.17) is 0 Å². The van der Waals surface area contributed by atoms with Gasteiger partial charge >= 0.3 is 11.9 Å². The fraction of sp³-hybridized carbons (Fsp3) is 0.625. The molecule has 124 valence electrons. The first kappa shape index (κ1) is 16.2. The van der Waals surface area contributed by atoms with Crippen molar-refractivity contribution in [1.29, 1.82) is 0 Å². The number of urea groups is 1. The van der Waals surface area contributed by atoms with Crippen molar-refractivity contribution in [3.63, 3.8) is 0 Å². The standard InChI is InChI=1S/C16H21N3O3S/c1-18-14(21)11-9-12(23-15(11)19(2)16(18)22)13(20)17-10-7-5-3-4-6-8-10/h9-11H,3-8H2,1-2H3/p+1. The van der Waals surface area contributed by atoms with Gasteiger partial charge in [-0.3, -0.25) is 4.79 Å². The van der Waals surface area contributed by atoms with E-state index in [0.29, 0.717) is 9.95 Å². The van der Waals surface area contributed by atoms with E-state index in [1.165, 1.54) is 36.2 Å². The highest BCUT2D eigenvalue weighted by Crippen LogP contribution is 2.35. The molecule has 3 aliphatic rings. The number of amides is 4. The van der Waals surface area contributed by atoms with Gasteiger partial charge in [0.1, 0.15) is 5.92 Å². The third-order valence-corrected chi connectivity index (χ3v) is 5.99. The van der Waals surface area contributed by atoms with Crippen LogP contribution >= 0.6 is 11.8 Å². The molecule has 0 aromatic heterocycles. The molecule has 0 aromatic rings. The van der Waals surface area contributed by atoms with Crippen molar-refractivity contribution in [3.05, 3.63) is 11.0 Å². The zero-order valence-electron chi connectivity index (χ0n) is 13.5. The van der Waals surface area contributed by atoms with Crippen LogP contribution in [0.2, 0.25) is 0 Å². The number of nitrogens with one attached hydrogen (secondary N) is 1.